The van der Waals surface area contributed by atoms with Gasteiger partial charge in [-0.05, 0) is 62.8 Å². The van der Waals surface area contributed by atoms with E-state index in [0.29, 0.717) is 22.0 Å². The Balaban J connectivity index is 1.60. The van der Waals surface area contributed by atoms with Crippen molar-refractivity contribution < 1.29 is 19.1 Å². The lowest BCUT2D eigenvalue weighted by Gasteiger charge is -2.32. The largest absolute Gasteiger partial charge is 0.479 e. The third kappa shape index (κ3) is 3.60. The molecule has 1 atom stereocenters. The second-order valence-corrected chi connectivity index (χ2v) is 8.59. The molecule has 0 bridgehead atoms. The average molecular weight is 413 g/mol. The molecule has 0 saturated carbocycles. The quantitative estimate of drug-likeness (QED) is 0.805. The molecule has 4 rings (SSSR count). The lowest BCUT2D eigenvalue weighted by atomic mass is 9.95. The molecule has 2 aromatic rings. The monoisotopic (exact) mass is 413 g/mol. The van der Waals surface area contributed by atoms with E-state index in [0.717, 1.165) is 41.7 Å². The van der Waals surface area contributed by atoms with Crippen LogP contribution in [0, 0.1) is 6.92 Å². The molecule has 7 nitrogen and oxygen atoms in total. The van der Waals surface area contributed by atoms with E-state index in [9.17, 15) is 14.4 Å². The first-order valence-electron chi connectivity index (χ1n) is 9.68. The van der Waals surface area contributed by atoms with Crippen molar-refractivity contribution in [3.8, 4) is 5.75 Å². The average Bonchev–Trinajstić information content (AvgIpc) is 3.04. The molecule has 3 amide bonds. The maximum atomic E-state index is 12.8. The maximum Gasteiger partial charge on any atom is 0.268 e. The van der Waals surface area contributed by atoms with Gasteiger partial charge >= 0.3 is 0 Å². The molecule has 2 heterocycles. The summed E-state index contributed by atoms with van der Waals surface area (Å²) >= 11 is 1.41. The van der Waals surface area contributed by atoms with Crippen molar-refractivity contribution in [2.45, 2.75) is 45.6 Å². The van der Waals surface area contributed by atoms with Gasteiger partial charge in [0.25, 0.3) is 11.8 Å². The van der Waals surface area contributed by atoms with E-state index in [1.54, 1.807) is 13.0 Å². The minimum atomic E-state index is -0.673. The van der Waals surface area contributed by atoms with Crippen molar-refractivity contribution in [3.05, 3.63) is 39.8 Å². The summed E-state index contributed by atoms with van der Waals surface area (Å²) in [6, 6.07) is 5.52. The normalized spacial score (nSPS) is 17.9. The van der Waals surface area contributed by atoms with Gasteiger partial charge < -0.3 is 15.8 Å². The Morgan fingerprint density at radius 3 is 2.83 bits per heavy atom. The van der Waals surface area contributed by atoms with Gasteiger partial charge in [0.1, 0.15) is 17.3 Å². The summed E-state index contributed by atoms with van der Waals surface area (Å²) in [6.45, 7) is 3.41. The number of nitrogens with two attached hydrogens (primary N) is 1. The minimum absolute atomic E-state index is 0.163. The molecule has 0 radical (unpaired) electrons. The molecule has 8 heteroatoms. The van der Waals surface area contributed by atoms with Crippen LogP contribution in [0.25, 0.3) is 0 Å². The van der Waals surface area contributed by atoms with Crippen molar-refractivity contribution in [2.24, 2.45) is 5.73 Å². The highest BCUT2D eigenvalue weighted by Crippen LogP contribution is 2.38. The van der Waals surface area contributed by atoms with E-state index < -0.39 is 12.0 Å². The molecule has 0 spiro atoms. The molecular weight excluding hydrogens is 390 g/mol. The van der Waals surface area contributed by atoms with Crippen LogP contribution in [-0.2, 0) is 22.4 Å². The lowest BCUT2D eigenvalue weighted by molar-refractivity contribution is -0.127. The van der Waals surface area contributed by atoms with E-state index in [-0.39, 0.29) is 18.4 Å². The third-order valence-electron chi connectivity index (χ3n) is 5.30. The van der Waals surface area contributed by atoms with Crippen LogP contribution in [0.3, 0.4) is 0 Å². The van der Waals surface area contributed by atoms with E-state index in [1.807, 2.05) is 19.1 Å². The fourth-order valence-electron chi connectivity index (χ4n) is 3.90. The van der Waals surface area contributed by atoms with Crippen LogP contribution in [0.15, 0.2) is 18.2 Å². The number of primary amides is 1. The van der Waals surface area contributed by atoms with Gasteiger partial charge in [-0.15, -0.1) is 11.3 Å². The van der Waals surface area contributed by atoms with Gasteiger partial charge in [0.15, 0.2) is 6.10 Å². The highest BCUT2D eigenvalue weighted by Gasteiger charge is 2.33. The molecule has 0 fully saturated rings. The molecule has 1 unspecified atom stereocenters. The predicted octanol–water partition coefficient (Wildman–Crippen LogP) is 2.79. The van der Waals surface area contributed by atoms with Crippen LogP contribution in [0.4, 0.5) is 10.7 Å². The molecular formula is C21H23N3O4S. The topological polar surface area (TPSA) is 102 Å². The number of fused-ring (bicyclic) bond motifs is 2. The lowest BCUT2D eigenvalue weighted by Crippen LogP contribution is -2.47. The van der Waals surface area contributed by atoms with Crippen LogP contribution >= 0.6 is 11.3 Å². The summed E-state index contributed by atoms with van der Waals surface area (Å²) in [5.41, 5.74) is 8.50. The zero-order valence-corrected chi connectivity index (χ0v) is 17.2. The van der Waals surface area contributed by atoms with Gasteiger partial charge in [-0.2, -0.15) is 0 Å². The zero-order valence-electron chi connectivity index (χ0n) is 16.4. The summed E-state index contributed by atoms with van der Waals surface area (Å²) in [5, 5.41) is 3.30. The number of hydrogen-bond donors (Lipinski definition) is 2. The molecule has 29 heavy (non-hydrogen) atoms. The fourth-order valence-corrected chi connectivity index (χ4v) is 5.22. The smallest absolute Gasteiger partial charge is 0.268 e. The number of benzene rings is 1. The summed E-state index contributed by atoms with van der Waals surface area (Å²) in [4.78, 5) is 40.1. The highest BCUT2D eigenvalue weighted by atomic mass is 32.1. The number of aryl methyl sites for hydroxylation is 2. The third-order valence-corrected chi connectivity index (χ3v) is 6.50. The Hall–Kier alpha value is -2.87. The first kappa shape index (κ1) is 19.4. The number of hydrogen-bond acceptors (Lipinski definition) is 5. The molecule has 0 saturated heterocycles. The van der Waals surface area contributed by atoms with Crippen molar-refractivity contribution in [1.29, 1.82) is 0 Å². The highest BCUT2D eigenvalue weighted by molar-refractivity contribution is 7.17. The van der Waals surface area contributed by atoms with Crippen LogP contribution < -0.4 is 20.7 Å². The number of carbonyl (C=O) groups excluding carboxylic acids is 3. The number of rotatable bonds is 4. The predicted molar refractivity (Wildman–Crippen MR) is 112 cm³/mol. The Labute approximate surface area is 172 Å². The number of nitrogens with zero attached hydrogens (tertiary/aromatic N) is 1. The number of amides is 3. The number of ether oxygens (including phenoxy) is 1. The van der Waals surface area contributed by atoms with E-state index in [1.165, 1.54) is 16.2 Å². The Morgan fingerprint density at radius 1 is 1.31 bits per heavy atom. The van der Waals surface area contributed by atoms with E-state index in [2.05, 4.69) is 5.32 Å². The van der Waals surface area contributed by atoms with Gasteiger partial charge in [-0.3, -0.25) is 19.3 Å². The molecule has 1 aromatic carbocycles. The fraction of sp³-hybridized carbons (Fsp3) is 0.381. The molecule has 3 N–H and O–H groups in total. The van der Waals surface area contributed by atoms with E-state index >= 15 is 0 Å². The van der Waals surface area contributed by atoms with Crippen molar-refractivity contribution in [2.75, 3.05) is 16.8 Å². The van der Waals surface area contributed by atoms with Crippen molar-refractivity contribution in [3.63, 3.8) is 0 Å². The molecule has 152 valence electrons. The second kappa shape index (κ2) is 7.51. The maximum absolute atomic E-state index is 12.8. The first-order chi connectivity index (χ1) is 13.8. The molecule has 2 aliphatic rings. The van der Waals surface area contributed by atoms with Gasteiger partial charge in [0, 0.05) is 4.88 Å². The summed E-state index contributed by atoms with van der Waals surface area (Å²) in [6.07, 6.45) is 3.09. The Bertz CT molecular complexity index is 1010. The second-order valence-electron chi connectivity index (χ2n) is 7.48. The van der Waals surface area contributed by atoms with Crippen molar-refractivity contribution >= 4 is 39.7 Å². The number of nitrogens with one attached hydrogen (secondary N) is 1. The Kier molecular flexibility index (Phi) is 5.04. The number of thiophene rings is 1. The van der Waals surface area contributed by atoms with E-state index in [4.69, 9.17) is 10.5 Å². The van der Waals surface area contributed by atoms with Crippen LogP contribution in [0.5, 0.6) is 5.75 Å². The summed E-state index contributed by atoms with van der Waals surface area (Å²) in [7, 11) is 0. The summed E-state index contributed by atoms with van der Waals surface area (Å²) in [5.74, 6) is -0.614. The summed E-state index contributed by atoms with van der Waals surface area (Å²) < 4.78 is 5.65. The van der Waals surface area contributed by atoms with Gasteiger partial charge in [0.05, 0.1) is 11.3 Å². The van der Waals surface area contributed by atoms with Crippen LogP contribution in [0.2, 0.25) is 0 Å². The SMILES string of the molecule is Cc1ccc2c(c1)N(CC(=O)Nc1sc3c(c1C(N)=O)CCCC3)C(=O)C(C)O2. The Morgan fingerprint density at radius 2 is 2.07 bits per heavy atom. The number of carbonyl (C=O) groups is 3. The minimum Gasteiger partial charge on any atom is -0.479 e. The van der Waals surface area contributed by atoms with Crippen LogP contribution in [-0.4, -0.2) is 30.4 Å². The number of anilines is 2. The molecule has 1 aliphatic carbocycles. The molecule has 1 aliphatic heterocycles. The van der Waals surface area contributed by atoms with Crippen molar-refractivity contribution in [1.82, 2.24) is 0 Å². The van der Waals surface area contributed by atoms with Gasteiger partial charge in [-0.1, -0.05) is 6.07 Å². The standard InChI is InChI=1S/C21H23N3O4S/c1-11-7-8-15-14(9-11)24(21(27)12(2)28-15)10-17(25)23-20-18(19(22)26)13-5-3-4-6-16(13)29-20/h7-9,12H,3-6,10H2,1-2H3,(H2,22,26)(H,23,25). The molecule has 1 aromatic heterocycles. The van der Waals surface area contributed by atoms with Gasteiger partial charge in [0.2, 0.25) is 5.91 Å². The van der Waals surface area contributed by atoms with Gasteiger partial charge in [-0.25, -0.2) is 0 Å². The first-order valence-corrected chi connectivity index (χ1v) is 10.5. The van der Waals surface area contributed by atoms with Crippen LogP contribution in [0.1, 0.15) is 46.1 Å². The zero-order chi connectivity index (χ0) is 20.7.